The smallest absolute Gasteiger partial charge is 0.251 e. The van der Waals surface area contributed by atoms with E-state index in [9.17, 15) is 4.79 Å². The molecule has 2 aromatic carbocycles. The SMILES string of the molecule is Cl.O=C(N[C@@H]1C[C@H]2CC[C@@H]1N2)c1ccc2sc3ccccc3c2c1. The van der Waals surface area contributed by atoms with E-state index < -0.39 is 0 Å². The Morgan fingerprint density at radius 1 is 1.08 bits per heavy atom. The first-order chi connectivity index (χ1) is 11.3. The monoisotopic (exact) mass is 358 g/mol. The van der Waals surface area contributed by atoms with Gasteiger partial charge < -0.3 is 10.6 Å². The second-order valence-corrected chi connectivity index (χ2v) is 7.76. The summed E-state index contributed by atoms with van der Waals surface area (Å²) in [4.78, 5) is 12.6. The molecule has 5 rings (SSSR count). The van der Waals surface area contributed by atoms with Crippen LogP contribution in [0.25, 0.3) is 20.2 Å². The highest BCUT2D eigenvalue weighted by molar-refractivity contribution is 7.25. The Labute approximate surface area is 150 Å². The fourth-order valence-electron chi connectivity index (χ4n) is 4.10. The Bertz CT molecular complexity index is 922. The molecule has 5 heteroatoms. The van der Waals surface area contributed by atoms with Gasteiger partial charge in [0.15, 0.2) is 0 Å². The fraction of sp³-hybridized carbons (Fsp3) is 0.316. The molecule has 2 aliphatic heterocycles. The van der Waals surface area contributed by atoms with E-state index in [1.165, 1.54) is 33.0 Å². The molecule has 0 radical (unpaired) electrons. The quantitative estimate of drug-likeness (QED) is 0.724. The molecule has 1 amide bonds. The maximum atomic E-state index is 12.6. The van der Waals surface area contributed by atoms with E-state index >= 15 is 0 Å². The molecule has 0 spiro atoms. The Kier molecular flexibility index (Phi) is 3.99. The van der Waals surface area contributed by atoms with Gasteiger partial charge in [-0.05, 0) is 43.5 Å². The number of amides is 1. The number of carbonyl (C=O) groups excluding carboxylic acids is 1. The highest BCUT2D eigenvalue weighted by atomic mass is 35.5. The number of rotatable bonds is 2. The van der Waals surface area contributed by atoms with Crippen molar-refractivity contribution in [1.29, 1.82) is 0 Å². The number of benzene rings is 2. The maximum absolute atomic E-state index is 12.6. The molecular formula is C19H19ClN2OS. The van der Waals surface area contributed by atoms with Crippen molar-refractivity contribution in [3.05, 3.63) is 48.0 Å². The fourth-order valence-corrected chi connectivity index (χ4v) is 5.19. The van der Waals surface area contributed by atoms with E-state index in [1.807, 2.05) is 12.1 Å². The number of hydrogen-bond acceptors (Lipinski definition) is 3. The third-order valence-electron chi connectivity index (χ3n) is 5.26. The van der Waals surface area contributed by atoms with Gasteiger partial charge in [0, 0.05) is 43.9 Å². The molecule has 2 N–H and O–H groups in total. The van der Waals surface area contributed by atoms with Crippen LogP contribution >= 0.6 is 23.7 Å². The largest absolute Gasteiger partial charge is 0.348 e. The summed E-state index contributed by atoms with van der Waals surface area (Å²) in [5, 5.41) is 9.23. The Morgan fingerprint density at radius 2 is 1.92 bits per heavy atom. The number of fused-ring (bicyclic) bond motifs is 5. The van der Waals surface area contributed by atoms with Crippen molar-refractivity contribution in [2.75, 3.05) is 0 Å². The van der Waals surface area contributed by atoms with E-state index in [-0.39, 0.29) is 24.4 Å². The lowest BCUT2D eigenvalue weighted by molar-refractivity contribution is 0.0931. The normalized spacial score (nSPS) is 25.1. The Hall–Kier alpha value is -1.62. The van der Waals surface area contributed by atoms with Crippen molar-refractivity contribution in [3.63, 3.8) is 0 Å². The molecule has 2 aliphatic rings. The minimum absolute atomic E-state index is 0. The first kappa shape index (κ1) is 15.9. The van der Waals surface area contributed by atoms with Gasteiger partial charge in [-0.2, -0.15) is 0 Å². The van der Waals surface area contributed by atoms with Gasteiger partial charge in [-0.1, -0.05) is 18.2 Å². The first-order valence-corrected chi connectivity index (χ1v) is 9.08. The summed E-state index contributed by atoms with van der Waals surface area (Å²) >= 11 is 1.78. The van der Waals surface area contributed by atoms with Crippen molar-refractivity contribution in [2.45, 2.75) is 37.4 Å². The molecular weight excluding hydrogens is 340 g/mol. The van der Waals surface area contributed by atoms with Crippen molar-refractivity contribution >= 4 is 49.8 Å². The van der Waals surface area contributed by atoms with Crippen LogP contribution in [0.3, 0.4) is 0 Å². The standard InChI is InChI=1S/C19H18N2OS.ClH/c22-19(21-16-10-12-6-7-15(16)20-12)11-5-8-18-14(9-11)13-3-1-2-4-17(13)23-18;/h1-5,8-9,12,15-16,20H,6-7,10H2,(H,21,22);1H/t12-,15+,16-;/m1./s1. The number of halogens is 1. The van der Waals surface area contributed by atoms with Crippen LogP contribution in [0.4, 0.5) is 0 Å². The van der Waals surface area contributed by atoms with Gasteiger partial charge in [-0.15, -0.1) is 23.7 Å². The van der Waals surface area contributed by atoms with Gasteiger partial charge in [-0.3, -0.25) is 4.79 Å². The lowest BCUT2D eigenvalue weighted by Gasteiger charge is -2.21. The molecule has 3 aromatic rings. The molecule has 124 valence electrons. The third-order valence-corrected chi connectivity index (χ3v) is 6.41. The molecule has 0 aliphatic carbocycles. The summed E-state index contributed by atoms with van der Waals surface area (Å²) < 4.78 is 2.52. The average Bonchev–Trinajstić information content (AvgIpc) is 3.27. The molecule has 3 nitrogen and oxygen atoms in total. The molecule has 24 heavy (non-hydrogen) atoms. The van der Waals surface area contributed by atoms with E-state index in [2.05, 4.69) is 41.0 Å². The van der Waals surface area contributed by atoms with Gasteiger partial charge in [0.25, 0.3) is 5.91 Å². The van der Waals surface area contributed by atoms with Crippen molar-refractivity contribution in [1.82, 2.24) is 10.6 Å². The molecule has 2 fully saturated rings. The van der Waals surface area contributed by atoms with E-state index in [4.69, 9.17) is 0 Å². The topological polar surface area (TPSA) is 41.1 Å². The zero-order valence-electron chi connectivity index (χ0n) is 13.1. The molecule has 1 aromatic heterocycles. The Morgan fingerprint density at radius 3 is 2.71 bits per heavy atom. The summed E-state index contributed by atoms with van der Waals surface area (Å²) in [5.41, 5.74) is 0.767. The van der Waals surface area contributed by atoms with Crippen molar-refractivity contribution < 1.29 is 4.79 Å². The summed E-state index contributed by atoms with van der Waals surface area (Å²) in [6.07, 6.45) is 3.51. The minimum atomic E-state index is 0. The Balaban J connectivity index is 0.00000146. The molecule has 0 unspecified atom stereocenters. The summed E-state index contributed by atoms with van der Waals surface area (Å²) in [7, 11) is 0. The van der Waals surface area contributed by atoms with E-state index in [1.54, 1.807) is 11.3 Å². The highest BCUT2D eigenvalue weighted by Crippen LogP contribution is 2.34. The summed E-state index contributed by atoms with van der Waals surface area (Å²) in [6.45, 7) is 0. The average molecular weight is 359 g/mol. The number of nitrogens with one attached hydrogen (secondary N) is 2. The maximum Gasteiger partial charge on any atom is 0.251 e. The van der Waals surface area contributed by atoms with Crippen LogP contribution < -0.4 is 10.6 Å². The predicted octanol–water partition coefficient (Wildman–Crippen LogP) is 4.10. The molecule has 2 saturated heterocycles. The van der Waals surface area contributed by atoms with Crippen molar-refractivity contribution in [3.8, 4) is 0 Å². The molecule has 2 bridgehead atoms. The van der Waals surface area contributed by atoms with Crippen LogP contribution in [-0.4, -0.2) is 24.0 Å². The van der Waals surface area contributed by atoms with Gasteiger partial charge in [-0.25, -0.2) is 0 Å². The number of hydrogen-bond donors (Lipinski definition) is 2. The second kappa shape index (κ2) is 6.03. The lowest BCUT2D eigenvalue weighted by Crippen LogP contribution is -2.42. The third kappa shape index (κ3) is 2.50. The second-order valence-electron chi connectivity index (χ2n) is 6.67. The number of carbonyl (C=O) groups is 1. The minimum Gasteiger partial charge on any atom is -0.348 e. The molecule has 0 saturated carbocycles. The molecule has 3 atom stereocenters. The van der Waals surface area contributed by atoms with Gasteiger partial charge in [0.05, 0.1) is 0 Å². The summed E-state index contributed by atoms with van der Waals surface area (Å²) in [6, 6.07) is 15.8. The zero-order chi connectivity index (χ0) is 15.4. The van der Waals surface area contributed by atoms with Crippen LogP contribution in [0.1, 0.15) is 29.6 Å². The lowest BCUT2D eigenvalue weighted by atomic mass is 9.95. The van der Waals surface area contributed by atoms with Crippen LogP contribution in [0.2, 0.25) is 0 Å². The van der Waals surface area contributed by atoms with Crippen LogP contribution in [0.15, 0.2) is 42.5 Å². The predicted molar refractivity (Wildman–Crippen MR) is 102 cm³/mol. The van der Waals surface area contributed by atoms with E-state index in [0.717, 1.165) is 12.0 Å². The zero-order valence-corrected chi connectivity index (χ0v) is 14.8. The van der Waals surface area contributed by atoms with Gasteiger partial charge in [0.2, 0.25) is 0 Å². The van der Waals surface area contributed by atoms with Crippen molar-refractivity contribution in [2.24, 2.45) is 0 Å². The van der Waals surface area contributed by atoms with Gasteiger partial charge in [0.1, 0.15) is 0 Å². The van der Waals surface area contributed by atoms with Gasteiger partial charge >= 0.3 is 0 Å². The van der Waals surface area contributed by atoms with E-state index in [0.29, 0.717) is 12.1 Å². The number of thiophene rings is 1. The highest BCUT2D eigenvalue weighted by Gasteiger charge is 2.39. The summed E-state index contributed by atoms with van der Waals surface area (Å²) in [5.74, 6) is 0.0570. The molecule has 3 heterocycles. The van der Waals surface area contributed by atoms with Crippen LogP contribution in [0.5, 0.6) is 0 Å². The first-order valence-electron chi connectivity index (χ1n) is 8.26. The van der Waals surface area contributed by atoms with Crippen LogP contribution in [-0.2, 0) is 0 Å². The van der Waals surface area contributed by atoms with Crippen LogP contribution in [0, 0.1) is 0 Å².